The van der Waals surface area contributed by atoms with Gasteiger partial charge in [-0.1, -0.05) is 26.7 Å². The summed E-state index contributed by atoms with van der Waals surface area (Å²) in [5.41, 5.74) is 3.16. The molecule has 5 nitrogen and oxygen atoms in total. The van der Waals surface area contributed by atoms with Gasteiger partial charge in [-0.15, -0.1) is 23.7 Å². The minimum Gasteiger partial charge on any atom is -0.494 e. The van der Waals surface area contributed by atoms with E-state index in [1.807, 2.05) is 30.5 Å². The predicted molar refractivity (Wildman–Crippen MR) is 138 cm³/mol. The fourth-order valence-electron chi connectivity index (χ4n) is 3.33. The van der Waals surface area contributed by atoms with Crippen molar-refractivity contribution in [2.45, 2.75) is 46.0 Å². The van der Waals surface area contributed by atoms with Crippen LogP contribution in [-0.4, -0.2) is 46.6 Å². The van der Waals surface area contributed by atoms with Crippen LogP contribution in [0.5, 0.6) is 5.75 Å². The number of rotatable bonds is 13. The van der Waals surface area contributed by atoms with Gasteiger partial charge in [0.2, 0.25) is 0 Å². The highest BCUT2D eigenvalue weighted by molar-refractivity contribution is 7.13. The number of unbranched alkanes of at least 4 members (excludes halogenated alkanes) is 2. The van der Waals surface area contributed by atoms with Crippen molar-refractivity contribution in [3.05, 3.63) is 54.2 Å². The normalized spacial score (nSPS) is 10.5. The summed E-state index contributed by atoms with van der Waals surface area (Å²) in [6.45, 7) is 8.82. The quantitative estimate of drug-likeness (QED) is 0.277. The van der Waals surface area contributed by atoms with E-state index in [1.54, 1.807) is 17.5 Å². The summed E-state index contributed by atoms with van der Waals surface area (Å²) in [6.07, 6.45) is 9.78. The molecule has 0 aliphatic rings. The molecular weight excluding hydrogens is 442 g/mol. The van der Waals surface area contributed by atoms with Crippen LogP contribution >= 0.6 is 23.7 Å². The van der Waals surface area contributed by atoms with E-state index in [0.29, 0.717) is 0 Å². The van der Waals surface area contributed by atoms with E-state index in [-0.39, 0.29) is 17.9 Å². The van der Waals surface area contributed by atoms with E-state index < -0.39 is 0 Å². The van der Waals surface area contributed by atoms with Crippen molar-refractivity contribution < 1.29 is 10.2 Å². The lowest BCUT2D eigenvalue weighted by Crippen LogP contribution is -2.28. The van der Waals surface area contributed by atoms with E-state index in [1.165, 1.54) is 38.8 Å². The SMILES string of the molecule is CCCCN(CCCC)CCCOc1ccc(-c2csc(-c3cccnc3)n2)cc1.Cl.O. The molecule has 2 heterocycles. The van der Waals surface area contributed by atoms with E-state index in [0.717, 1.165) is 47.2 Å². The minimum absolute atomic E-state index is 0. The number of hydrogen-bond donors (Lipinski definition) is 0. The number of benzene rings is 1. The lowest BCUT2D eigenvalue weighted by molar-refractivity contribution is 0.229. The van der Waals surface area contributed by atoms with Gasteiger partial charge in [0.25, 0.3) is 0 Å². The number of ether oxygens (including phenoxy) is 1. The smallest absolute Gasteiger partial charge is 0.125 e. The van der Waals surface area contributed by atoms with Crippen LogP contribution in [0.15, 0.2) is 54.2 Å². The van der Waals surface area contributed by atoms with E-state index in [9.17, 15) is 0 Å². The lowest BCUT2D eigenvalue weighted by atomic mass is 10.2. The first-order valence-electron chi connectivity index (χ1n) is 11.1. The Morgan fingerprint density at radius 2 is 1.59 bits per heavy atom. The summed E-state index contributed by atoms with van der Waals surface area (Å²) < 4.78 is 5.98. The maximum Gasteiger partial charge on any atom is 0.125 e. The Hall–Kier alpha value is -1.99. The molecule has 0 bridgehead atoms. The zero-order valence-electron chi connectivity index (χ0n) is 19.1. The van der Waals surface area contributed by atoms with Gasteiger partial charge >= 0.3 is 0 Å². The summed E-state index contributed by atoms with van der Waals surface area (Å²) in [5.74, 6) is 0.926. The van der Waals surface area contributed by atoms with Crippen LogP contribution in [0.25, 0.3) is 21.8 Å². The third-order valence-corrected chi connectivity index (χ3v) is 6.00. The molecule has 0 saturated heterocycles. The molecular formula is C25H36ClN3O2S. The van der Waals surface area contributed by atoms with Gasteiger partial charge in [0.1, 0.15) is 10.8 Å². The largest absolute Gasteiger partial charge is 0.494 e. The number of halogens is 1. The third-order valence-electron chi connectivity index (χ3n) is 5.11. The molecule has 1 aromatic carbocycles. The molecule has 0 aliphatic heterocycles. The highest BCUT2D eigenvalue weighted by atomic mass is 35.5. The first-order chi connectivity index (χ1) is 14.8. The zero-order chi connectivity index (χ0) is 21.0. The molecule has 2 N–H and O–H groups in total. The zero-order valence-corrected chi connectivity index (χ0v) is 20.8. The number of hydrogen-bond acceptors (Lipinski definition) is 5. The maximum absolute atomic E-state index is 5.98. The molecule has 2 aromatic heterocycles. The Kier molecular flexibility index (Phi) is 13.8. The first kappa shape index (κ1) is 28.0. The number of thiazole rings is 1. The molecule has 0 atom stereocenters. The third kappa shape index (κ3) is 8.87. The van der Waals surface area contributed by atoms with Gasteiger partial charge in [-0.3, -0.25) is 4.98 Å². The van der Waals surface area contributed by atoms with E-state index >= 15 is 0 Å². The van der Waals surface area contributed by atoms with Gasteiger partial charge in [0.05, 0.1) is 12.3 Å². The molecule has 3 rings (SSSR count). The Morgan fingerprint density at radius 3 is 2.22 bits per heavy atom. The fraction of sp³-hybridized carbons (Fsp3) is 0.440. The van der Waals surface area contributed by atoms with Crippen LogP contribution in [0, 0.1) is 0 Å². The molecule has 0 unspecified atom stereocenters. The standard InChI is InChI=1S/C25H33N3OS.ClH.H2O/c1-3-5-15-28(16-6-4-2)17-8-18-29-23-12-10-21(11-13-23)24-20-30-25(27-24)22-9-7-14-26-19-22;;/h7,9-14,19-20H,3-6,8,15-18H2,1-2H3;1H;1H2. The van der Waals surface area contributed by atoms with E-state index in [2.05, 4.69) is 41.2 Å². The van der Waals surface area contributed by atoms with Crippen molar-refractivity contribution >= 4 is 23.7 Å². The molecule has 0 radical (unpaired) electrons. The second-order valence-corrected chi connectivity index (χ2v) is 8.41. The average molecular weight is 478 g/mol. The highest BCUT2D eigenvalue weighted by Gasteiger charge is 2.07. The Labute approximate surface area is 202 Å². The van der Waals surface area contributed by atoms with Crippen LogP contribution in [0.3, 0.4) is 0 Å². The van der Waals surface area contributed by atoms with E-state index in [4.69, 9.17) is 9.72 Å². The summed E-state index contributed by atoms with van der Waals surface area (Å²) >= 11 is 1.65. The highest BCUT2D eigenvalue weighted by Crippen LogP contribution is 2.29. The van der Waals surface area contributed by atoms with Crippen molar-refractivity contribution in [1.29, 1.82) is 0 Å². The Balaban J connectivity index is 0.00000256. The van der Waals surface area contributed by atoms with Crippen LogP contribution in [-0.2, 0) is 0 Å². The number of nitrogens with zero attached hydrogens (tertiary/aromatic N) is 3. The number of aromatic nitrogens is 2. The molecule has 0 fully saturated rings. The van der Waals surface area contributed by atoms with Crippen LogP contribution in [0.1, 0.15) is 46.0 Å². The van der Waals surface area contributed by atoms with Crippen LogP contribution < -0.4 is 4.74 Å². The molecule has 32 heavy (non-hydrogen) atoms. The molecule has 0 saturated carbocycles. The number of pyridine rings is 1. The second kappa shape index (κ2) is 15.8. The summed E-state index contributed by atoms with van der Waals surface area (Å²) in [6, 6.07) is 12.3. The van der Waals surface area contributed by atoms with Gasteiger partial charge in [0, 0.05) is 35.4 Å². The molecule has 0 amide bonds. The second-order valence-electron chi connectivity index (χ2n) is 7.55. The molecule has 7 heteroatoms. The summed E-state index contributed by atoms with van der Waals surface area (Å²) in [4.78, 5) is 11.5. The topological polar surface area (TPSA) is 69.8 Å². The van der Waals surface area contributed by atoms with Gasteiger partial charge in [0.15, 0.2) is 0 Å². The average Bonchev–Trinajstić information content (AvgIpc) is 3.29. The summed E-state index contributed by atoms with van der Waals surface area (Å²) in [7, 11) is 0. The fourth-order valence-corrected chi connectivity index (χ4v) is 4.15. The molecule has 3 aromatic rings. The van der Waals surface area contributed by atoms with Gasteiger partial charge in [-0.05, 0) is 68.8 Å². The summed E-state index contributed by atoms with van der Waals surface area (Å²) in [5, 5.41) is 3.09. The van der Waals surface area contributed by atoms with Crippen LogP contribution in [0.2, 0.25) is 0 Å². The van der Waals surface area contributed by atoms with Gasteiger partial charge in [-0.2, -0.15) is 0 Å². The van der Waals surface area contributed by atoms with Crippen molar-refractivity contribution in [2.24, 2.45) is 0 Å². The predicted octanol–water partition coefficient (Wildman–Crippen LogP) is 6.14. The van der Waals surface area contributed by atoms with Crippen LogP contribution in [0.4, 0.5) is 0 Å². The molecule has 176 valence electrons. The molecule has 0 aliphatic carbocycles. The Morgan fingerprint density at radius 1 is 0.906 bits per heavy atom. The first-order valence-corrected chi connectivity index (χ1v) is 12.0. The van der Waals surface area contributed by atoms with Crippen molar-refractivity contribution in [3.8, 4) is 27.6 Å². The van der Waals surface area contributed by atoms with Gasteiger partial charge in [-0.25, -0.2) is 4.98 Å². The van der Waals surface area contributed by atoms with Crippen molar-refractivity contribution in [2.75, 3.05) is 26.2 Å². The Bertz CT molecular complexity index is 851. The molecule has 0 spiro atoms. The van der Waals surface area contributed by atoms with Crippen molar-refractivity contribution in [1.82, 2.24) is 14.9 Å². The monoisotopic (exact) mass is 477 g/mol. The maximum atomic E-state index is 5.98. The van der Waals surface area contributed by atoms with Gasteiger partial charge < -0.3 is 15.1 Å². The lowest BCUT2D eigenvalue weighted by Gasteiger charge is -2.21. The van der Waals surface area contributed by atoms with Crippen molar-refractivity contribution in [3.63, 3.8) is 0 Å². The minimum atomic E-state index is 0.